The molecule has 0 saturated carbocycles. The average Bonchev–Trinajstić information content (AvgIpc) is 2.51. The standard InChI is InChI=1S/C16H14ClN3O3/c17-12-3-5-13(6-4-12)19-15(22)9-16(23)20-18-10-11-1-7-14(21)8-2-11/h1-8,10,21H,9H2,(H,19,22)(H,20,23). The third-order valence-corrected chi connectivity index (χ3v) is 3.00. The first kappa shape index (κ1) is 16.5. The quantitative estimate of drug-likeness (QED) is 0.446. The third-order valence-electron chi connectivity index (χ3n) is 2.75. The molecular formula is C16H14ClN3O3. The van der Waals surface area contributed by atoms with Gasteiger partial charge in [-0.15, -0.1) is 0 Å². The molecule has 7 heteroatoms. The number of halogens is 1. The van der Waals surface area contributed by atoms with E-state index in [0.717, 1.165) is 0 Å². The zero-order valence-corrected chi connectivity index (χ0v) is 12.7. The van der Waals surface area contributed by atoms with Crippen LogP contribution in [0.15, 0.2) is 53.6 Å². The number of hydrogen-bond donors (Lipinski definition) is 3. The molecule has 0 bridgehead atoms. The van der Waals surface area contributed by atoms with Crippen molar-refractivity contribution in [2.75, 3.05) is 5.32 Å². The van der Waals surface area contributed by atoms with E-state index < -0.39 is 11.8 Å². The largest absolute Gasteiger partial charge is 0.508 e. The predicted molar refractivity (Wildman–Crippen MR) is 88.5 cm³/mol. The number of nitrogens with zero attached hydrogens (tertiary/aromatic N) is 1. The Labute approximate surface area is 137 Å². The minimum atomic E-state index is -0.536. The van der Waals surface area contributed by atoms with Gasteiger partial charge in [0, 0.05) is 10.7 Å². The van der Waals surface area contributed by atoms with Gasteiger partial charge in [0.25, 0.3) is 0 Å². The summed E-state index contributed by atoms with van der Waals surface area (Å²) in [7, 11) is 0. The number of phenolic OH excluding ortho intramolecular Hbond substituents is 1. The van der Waals surface area contributed by atoms with Crippen molar-refractivity contribution >= 4 is 35.3 Å². The first-order valence-electron chi connectivity index (χ1n) is 6.69. The zero-order valence-electron chi connectivity index (χ0n) is 12.0. The molecule has 0 atom stereocenters. The summed E-state index contributed by atoms with van der Waals surface area (Å²) in [6, 6.07) is 12.8. The molecular weight excluding hydrogens is 318 g/mol. The van der Waals surface area contributed by atoms with Crippen molar-refractivity contribution < 1.29 is 14.7 Å². The van der Waals surface area contributed by atoms with Crippen molar-refractivity contribution in [1.29, 1.82) is 0 Å². The molecule has 0 fully saturated rings. The number of hydrazone groups is 1. The van der Waals surface area contributed by atoms with Crippen LogP contribution in [0.3, 0.4) is 0 Å². The van der Waals surface area contributed by atoms with Crippen molar-refractivity contribution in [1.82, 2.24) is 5.43 Å². The number of benzene rings is 2. The second-order valence-electron chi connectivity index (χ2n) is 4.62. The van der Waals surface area contributed by atoms with Gasteiger partial charge in [-0.25, -0.2) is 5.43 Å². The van der Waals surface area contributed by atoms with Crippen LogP contribution in [0.5, 0.6) is 5.75 Å². The van der Waals surface area contributed by atoms with Gasteiger partial charge in [-0.05, 0) is 54.1 Å². The molecule has 2 aromatic carbocycles. The molecule has 0 aromatic heterocycles. The Morgan fingerprint density at radius 3 is 2.35 bits per heavy atom. The lowest BCUT2D eigenvalue weighted by Gasteiger charge is -2.04. The highest BCUT2D eigenvalue weighted by Crippen LogP contribution is 2.13. The second-order valence-corrected chi connectivity index (χ2v) is 5.05. The van der Waals surface area contributed by atoms with Crippen molar-refractivity contribution in [2.45, 2.75) is 6.42 Å². The molecule has 0 spiro atoms. The van der Waals surface area contributed by atoms with E-state index in [2.05, 4.69) is 15.8 Å². The molecule has 2 aromatic rings. The summed E-state index contributed by atoms with van der Waals surface area (Å²) >= 11 is 5.74. The van der Waals surface area contributed by atoms with Gasteiger partial charge in [0.1, 0.15) is 12.2 Å². The molecule has 23 heavy (non-hydrogen) atoms. The molecule has 2 rings (SSSR count). The van der Waals surface area contributed by atoms with Gasteiger partial charge in [0.2, 0.25) is 11.8 Å². The molecule has 0 aliphatic rings. The number of phenols is 1. The summed E-state index contributed by atoms with van der Waals surface area (Å²) in [5.74, 6) is -0.846. The fourth-order valence-electron chi connectivity index (χ4n) is 1.66. The Morgan fingerprint density at radius 1 is 1.04 bits per heavy atom. The van der Waals surface area contributed by atoms with Crippen molar-refractivity contribution in [3.63, 3.8) is 0 Å². The zero-order chi connectivity index (χ0) is 16.7. The molecule has 3 N–H and O–H groups in total. The Morgan fingerprint density at radius 2 is 1.70 bits per heavy atom. The summed E-state index contributed by atoms with van der Waals surface area (Å²) < 4.78 is 0. The number of carbonyl (C=O) groups is 2. The summed E-state index contributed by atoms with van der Waals surface area (Å²) in [6.07, 6.45) is 1.06. The SMILES string of the molecule is O=C(CC(=O)Nc1ccc(Cl)cc1)NN=Cc1ccc(O)cc1. The van der Waals surface area contributed by atoms with Crippen LogP contribution in [0.2, 0.25) is 5.02 Å². The Bertz CT molecular complexity index is 712. The second kappa shape index (κ2) is 7.95. The van der Waals surface area contributed by atoms with Crippen LogP contribution in [-0.4, -0.2) is 23.1 Å². The maximum absolute atomic E-state index is 11.7. The van der Waals surface area contributed by atoms with Gasteiger partial charge in [0.05, 0.1) is 6.21 Å². The molecule has 118 valence electrons. The molecule has 2 amide bonds. The normalized spacial score (nSPS) is 10.5. The Balaban J connectivity index is 1.78. The fraction of sp³-hybridized carbons (Fsp3) is 0.0625. The predicted octanol–water partition coefficient (Wildman–Crippen LogP) is 2.52. The van der Waals surface area contributed by atoms with E-state index in [-0.39, 0.29) is 12.2 Å². The van der Waals surface area contributed by atoms with Crippen LogP contribution < -0.4 is 10.7 Å². The summed E-state index contributed by atoms with van der Waals surface area (Å²) in [5.41, 5.74) is 3.52. The number of nitrogens with one attached hydrogen (secondary N) is 2. The molecule has 0 radical (unpaired) electrons. The van der Waals surface area contributed by atoms with Crippen LogP contribution in [0.25, 0.3) is 0 Å². The number of carbonyl (C=O) groups excluding carboxylic acids is 2. The highest BCUT2D eigenvalue weighted by molar-refractivity contribution is 6.30. The van der Waals surface area contributed by atoms with Crippen LogP contribution in [0.1, 0.15) is 12.0 Å². The molecule has 0 unspecified atom stereocenters. The van der Waals surface area contributed by atoms with E-state index in [1.54, 1.807) is 36.4 Å². The van der Waals surface area contributed by atoms with E-state index in [1.165, 1.54) is 18.3 Å². The molecule has 0 aliphatic carbocycles. The lowest BCUT2D eigenvalue weighted by Crippen LogP contribution is -2.24. The molecule has 0 heterocycles. The van der Waals surface area contributed by atoms with E-state index in [1.807, 2.05) is 0 Å². The van der Waals surface area contributed by atoms with Crippen LogP contribution in [-0.2, 0) is 9.59 Å². The number of hydrogen-bond acceptors (Lipinski definition) is 4. The third kappa shape index (κ3) is 5.80. The minimum absolute atomic E-state index is 0.144. The topological polar surface area (TPSA) is 90.8 Å². The molecule has 0 saturated heterocycles. The summed E-state index contributed by atoms with van der Waals surface area (Å²) in [6.45, 7) is 0. The van der Waals surface area contributed by atoms with E-state index >= 15 is 0 Å². The smallest absolute Gasteiger partial charge is 0.249 e. The van der Waals surface area contributed by atoms with Gasteiger partial charge in [-0.3, -0.25) is 9.59 Å². The summed E-state index contributed by atoms with van der Waals surface area (Å²) in [5, 5.41) is 16.0. The van der Waals surface area contributed by atoms with Gasteiger partial charge in [0.15, 0.2) is 0 Å². The summed E-state index contributed by atoms with van der Waals surface area (Å²) in [4.78, 5) is 23.3. The molecule has 0 aliphatic heterocycles. The first-order chi connectivity index (χ1) is 11.0. The minimum Gasteiger partial charge on any atom is -0.508 e. The van der Waals surface area contributed by atoms with Gasteiger partial charge in [-0.1, -0.05) is 11.6 Å². The number of rotatable bonds is 5. The van der Waals surface area contributed by atoms with E-state index in [4.69, 9.17) is 16.7 Å². The van der Waals surface area contributed by atoms with E-state index in [9.17, 15) is 9.59 Å². The Hall–Kier alpha value is -2.86. The monoisotopic (exact) mass is 331 g/mol. The van der Waals surface area contributed by atoms with Gasteiger partial charge in [-0.2, -0.15) is 5.10 Å². The van der Waals surface area contributed by atoms with Gasteiger partial charge >= 0.3 is 0 Å². The number of amides is 2. The van der Waals surface area contributed by atoms with Crippen molar-refractivity contribution in [2.24, 2.45) is 5.10 Å². The first-order valence-corrected chi connectivity index (χ1v) is 7.07. The van der Waals surface area contributed by atoms with Crippen molar-refractivity contribution in [3.05, 3.63) is 59.1 Å². The highest BCUT2D eigenvalue weighted by atomic mass is 35.5. The maximum atomic E-state index is 11.7. The van der Waals surface area contributed by atoms with Gasteiger partial charge < -0.3 is 10.4 Å². The van der Waals surface area contributed by atoms with Crippen LogP contribution in [0, 0.1) is 0 Å². The number of anilines is 1. The lowest BCUT2D eigenvalue weighted by molar-refractivity contribution is -0.126. The Kier molecular flexibility index (Phi) is 5.71. The average molecular weight is 332 g/mol. The van der Waals surface area contributed by atoms with Crippen LogP contribution >= 0.6 is 11.6 Å². The maximum Gasteiger partial charge on any atom is 0.249 e. The lowest BCUT2D eigenvalue weighted by atomic mass is 10.2. The fourth-order valence-corrected chi connectivity index (χ4v) is 1.79. The van der Waals surface area contributed by atoms with E-state index in [0.29, 0.717) is 16.3 Å². The highest BCUT2D eigenvalue weighted by Gasteiger charge is 2.08. The van der Waals surface area contributed by atoms with Crippen molar-refractivity contribution in [3.8, 4) is 5.75 Å². The number of aromatic hydroxyl groups is 1. The van der Waals surface area contributed by atoms with Crippen LogP contribution in [0.4, 0.5) is 5.69 Å². The molecule has 6 nitrogen and oxygen atoms in total.